The molecule has 1 rings (SSSR count). The Labute approximate surface area is 235 Å². The third-order valence-electron chi connectivity index (χ3n) is 1.89. The maximum Gasteiger partial charge on any atom is 0.409 e. The maximum absolute atomic E-state index is 10.7. The quantitative estimate of drug-likeness (QED) is 0.148. The zero-order valence-electron chi connectivity index (χ0n) is 20.9. The first kappa shape index (κ1) is 52.4. The summed E-state index contributed by atoms with van der Waals surface area (Å²) >= 11 is 0. The van der Waals surface area contributed by atoms with E-state index in [1.54, 1.807) is 0 Å². The van der Waals surface area contributed by atoms with Gasteiger partial charge in [0.25, 0.3) is 30.0 Å². The molecule has 1 saturated heterocycles. The Morgan fingerprint density at radius 2 is 0.357 bits per heavy atom. The first-order valence-electron chi connectivity index (χ1n) is 9.32. The Morgan fingerprint density at radius 3 is 0.381 bits per heavy atom. The summed E-state index contributed by atoms with van der Waals surface area (Å²) in [6.07, 6.45) is -25.5. The van der Waals surface area contributed by atoms with Crippen molar-refractivity contribution in [1.82, 2.24) is 0 Å². The number of halogens is 18. The lowest BCUT2D eigenvalue weighted by Gasteiger charge is -2.10. The van der Waals surface area contributed by atoms with Gasteiger partial charge in [0.05, 0.1) is 0 Å². The van der Waals surface area contributed by atoms with Crippen LogP contribution < -0.4 is 0 Å². The predicted octanol–water partition coefficient (Wildman–Crippen LogP) is 7.45. The highest BCUT2D eigenvalue weighted by Gasteiger charge is 2.22. The average molecular weight is 715 g/mol. The van der Waals surface area contributed by atoms with Gasteiger partial charge in [-0.3, -0.25) is 0 Å². The molecule has 0 saturated carbocycles. The van der Waals surface area contributed by atoms with E-state index in [1.807, 2.05) is 0 Å². The molecule has 0 unspecified atom stereocenters. The molecule has 0 aromatic heterocycles. The molecular formula is C18H24F18O3Si3. The smallest absolute Gasteiger partial charge is 0.409 e. The number of rotatable bonds is 0. The van der Waals surface area contributed by atoms with Gasteiger partial charge in [0.1, 0.15) is 0 Å². The van der Waals surface area contributed by atoms with E-state index in [4.69, 9.17) is 12.3 Å². The summed E-state index contributed by atoms with van der Waals surface area (Å²) in [5.74, 6) is 0. The minimum atomic E-state index is -4.19. The summed E-state index contributed by atoms with van der Waals surface area (Å²) in [6, 6.07) is 0. The van der Waals surface area contributed by atoms with Crippen molar-refractivity contribution in [3.63, 3.8) is 0 Å². The van der Waals surface area contributed by atoms with Gasteiger partial charge < -0.3 is 12.3 Å². The summed E-state index contributed by atoms with van der Waals surface area (Å²) in [4.78, 5) is 0. The van der Waals surface area contributed by atoms with Crippen molar-refractivity contribution in [2.75, 3.05) is 0 Å². The Balaban J connectivity index is -0.0000000900. The van der Waals surface area contributed by atoms with Gasteiger partial charge in [-0.1, -0.05) is 39.5 Å². The Hall–Kier alpha value is -2.29. The van der Waals surface area contributed by atoms with E-state index in [0.29, 0.717) is 0 Å². The van der Waals surface area contributed by atoms with Crippen LogP contribution in [0.1, 0.15) is 0 Å². The molecule has 0 atom stereocenters. The van der Waals surface area contributed by atoms with Crippen molar-refractivity contribution in [2.24, 2.45) is 0 Å². The van der Waals surface area contributed by atoms with E-state index in [0.717, 1.165) is 0 Å². The summed E-state index contributed by atoms with van der Waals surface area (Å²) in [5, 5.41) is 0. The molecule has 0 amide bonds. The van der Waals surface area contributed by atoms with Gasteiger partial charge in [-0.25, -0.2) is 0 Å². The zero-order chi connectivity index (χ0) is 35.5. The second kappa shape index (κ2) is 26.3. The normalized spacial score (nSPS) is 14.7. The second-order valence-electron chi connectivity index (χ2n) is 5.44. The third kappa shape index (κ3) is 108. The average Bonchev–Trinajstić information content (AvgIpc) is 2.85. The molecule has 0 radical (unpaired) electrons. The highest BCUT2D eigenvalue weighted by molar-refractivity contribution is 6.50. The van der Waals surface area contributed by atoms with Crippen molar-refractivity contribution >= 4 is 30.0 Å². The standard InChI is InChI=1S/6C3H3F3.H6O3Si3/c6*1-2-3(4,5)6;1-4-2-6-3-5-1/h6*2H,1H2;4-6H2. The van der Waals surface area contributed by atoms with Crippen molar-refractivity contribution in [2.45, 2.75) is 37.1 Å². The van der Waals surface area contributed by atoms with Gasteiger partial charge in [-0.05, 0) is 0 Å². The summed E-state index contributed by atoms with van der Waals surface area (Å²) in [6.45, 7) is 15.0. The lowest BCUT2D eigenvalue weighted by Crippen LogP contribution is -2.23. The van der Waals surface area contributed by atoms with Crippen molar-refractivity contribution in [3.05, 3.63) is 75.9 Å². The largest absolute Gasteiger partial charge is 0.425 e. The fourth-order valence-corrected chi connectivity index (χ4v) is 5.69. The minimum Gasteiger partial charge on any atom is -0.425 e. The van der Waals surface area contributed by atoms with E-state index < -0.39 is 67.1 Å². The molecule has 0 spiro atoms. The Kier molecular flexibility index (Phi) is 32.8. The summed E-state index contributed by atoms with van der Waals surface area (Å²) < 4.78 is 207. The van der Waals surface area contributed by atoms with Crippen LogP contribution in [0.25, 0.3) is 0 Å². The van der Waals surface area contributed by atoms with Gasteiger partial charge in [0.2, 0.25) is 0 Å². The number of alkyl halides is 18. The van der Waals surface area contributed by atoms with Crippen molar-refractivity contribution in [1.29, 1.82) is 0 Å². The van der Waals surface area contributed by atoms with Crippen LogP contribution in [0.5, 0.6) is 0 Å². The fourth-order valence-electron chi connectivity index (χ4n) is 0.279. The van der Waals surface area contributed by atoms with Crippen molar-refractivity contribution in [3.8, 4) is 0 Å². The molecule has 0 aromatic carbocycles. The van der Waals surface area contributed by atoms with Gasteiger partial charge in [-0.2, -0.15) is 79.0 Å². The first-order valence-corrected chi connectivity index (χ1v) is 12.8. The number of hydrogen-bond acceptors (Lipinski definition) is 3. The molecule has 0 bridgehead atoms. The highest BCUT2D eigenvalue weighted by Crippen LogP contribution is 2.16. The lowest BCUT2D eigenvalue weighted by molar-refractivity contribution is -0.0804. The second-order valence-corrected chi connectivity index (χ2v) is 11.0. The third-order valence-corrected chi connectivity index (χ3v) is 5.89. The number of allylic oxidation sites excluding steroid dienone is 6. The molecule has 3 nitrogen and oxygen atoms in total. The van der Waals surface area contributed by atoms with Crippen LogP contribution in [0.4, 0.5) is 79.0 Å². The molecule has 0 aliphatic carbocycles. The maximum atomic E-state index is 10.7. The van der Waals surface area contributed by atoms with E-state index >= 15 is 0 Å². The van der Waals surface area contributed by atoms with Crippen LogP contribution in [-0.4, -0.2) is 67.1 Å². The molecular weight excluding hydrogens is 690 g/mol. The molecule has 0 aromatic rings. The summed E-state index contributed by atoms with van der Waals surface area (Å²) in [5.41, 5.74) is 0. The lowest BCUT2D eigenvalue weighted by atomic mass is 10.6. The van der Waals surface area contributed by atoms with Crippen molar-refractivity contribution < 1.29 is 91.4 Å². The topological polar surface area (TPSA) is 27.7 Å². The molecule has 0 N–H and O–H groups in total. The SMILES string of the molecule is C=CC(F)(F)F.C=CC(F)(F)F.C=CC(F)(F)F.C=CC(F)(F)F.C=CC(F)(F)F.C=CC(F)(F)F.O1[SiH2]O[SiH2]O[SiH2]1. The van der Waals surface area contributed by atoms with Crippen LogP contribution in [-0.2, 0) is 12.3 Å². The molecule has 1 heterocycles. The van der Waals surface area contributed by atoms with E-state index in [2.05, 4.69) is 39.5 Å². The minimum absolute atomic E-state index is 0.0625. The molecule has 1 fully saturated rings. The monoisotopic (exact) mass is 714 g/mol. The molecule has 42 heavy (non-hydrogen) atoms. The highest BCUT2D eigenvalue weighted by atomic mass is 28.4. The van der Waals surface area contributed by atoms with Crippen LogP contribution in [0, 0.1) is 0 Å². The van der Waals surface area contributed by atoms with Crippen LogP contribution in [0.3, 0.4) is 0 Å². The molecule has 1 aliphatic rings. The first-order chi connectivity index (χ1) is 18.4. The van der Waals surface area contributed by atoms with Crippen LogP contribution in [0.2, 0.25) is 0 Å². The van der Waals surface area contributed by atoms with E-state index in [-0.39, 0.29) is 36.5 Å². The predicted molar refractivity (Wildman–Crippen MR) is 126 cm³/mol. The van der Waals surface area contributed by atoms with Crippen LogP contribution >= 0.6 is 0 Å². The Bertz CT molecular complexity index is 552. The Morgan fingerprint density at radius 1 is 0.286 bits per heavy atom. The molecule has 252 valence electrons. The molecule has 24 heteroatoms. The van der Waals surface area contributed by atoms with Gasteiger partial charge in [0.15, 0.2) is 0 Å². The number of hydrogen-bond donors (Lipinski definition) is 0. The molecule has 1 aliphatic heterocycles. The zero-order valence-corrected chi connectivity index (χ0v) is 25.1. The van der Waals surface area contributed by atoms with E-state index in [1.165, 1.54) is 0 Å². The summed E-state index contributed by atoms with van der Waals surface area (Å²) in [7, 11) is -1.48. The van der Waals surface area contributed by atoms with Gasteiger partial charge >= 0.3 is 37.1 Å². The fraction of sp³-hybridized carbons (Fsp3) is 0.333. The van der Waals surface area contributed by atoms with Gasteiger partial charge in [0, 0.05) is 36.5 Å². The van der Waals surface area contributed by atoms with Gasteiger partial charge in [-0.15, -0.1) is 0 Å². The van der Waals surface area contributed by atoms with Crippen LogP contribution in [0.15, 0.2) is 75.9 Å². The van der Waals surface area contributed by atoms with E-state index in [9.17, 15) is 79.0 Å².